The molecule has 196 valence electrons. The van der Waals surface area contributed by atoms with Gasteiger partial charge in [-0.3, -0.25) is 9.59 Å². The van der Waals surface area contributed by atoms with Gasteiger partial charge in [-0.25, -0.2) is 9.59 Å². The van der Waals surface area contributed by atoms with E-state index in [9.17, 15) is 29.4 Å². The summed E-state index contributed by atoms with van der Waals surface area (Å²) in [7, 11) is 0. The number of fused-ring (bicyclic) bond motifs is 7. The molecule has 0 amide bonds. The first kappa shape index (κ1) is 23.3. The summed E-state index contributed by atoms with van der Waals surface area (Å²) in [5, 5.41) is 25.0. The molecular weight excluding hydrogens is 480 g/mol. The highest BCUT2D eigenvalue weighted by atomic mass is 16.7. The zero-order valence-electron chi connectivity index (χ0n) is 21.1. The van der Waals surface area contributed by atoms with E-state index in [1.165, 1.54) is 13.0 Å². The molecule has 0 aromatic heterocycles. The van der Waals surface area contributed by atoms with Crippen LogP contribution in [-0.2, 0) is 33.4 Å². The summed E-state index contributed by atoms with van der Waals surface area (Å²) in [6.07, 6.45) is 7.73. The van der Waals surface area contributed by atoms with Crippen LogP contribution >= 0.6 is 0 Å². The molecule has 0 aromatic carbocycles. The maximum atomic E-state index is 14.1. The zero-order valence-corrected chi connectivity index (χ0v) is 21.1. The van der Waals surface area contributed by atoms with Gasteiger partial charge in [-0.05, 0) is 56.1 Å². The third-order valence-corrected chi connectivity index (χ3v) is 11.5. The number of carbonyl (C=O) groups excluding carboxylic acids is 4. The highest BCUT2D eigenvalue weighted by Gasteiger charge is 2.93. The molecule has 7 rings (SSSR count). The Hall–Kier alpha value is -2.78. The van der Waals surface area contributed by atoms with Gasteiger partial charge >= 0.3 is 17.9 Å². The summed E-state index contributed by atoms with van der Waals surface area (Å²) in [5.74, 6) is -6.13. The molecule has 0 aromatic rings. The topological polar surface area (TPSA) is 136 Å². The van der Waals surface area contributed by atoms with Crippen LogP contribution in [0.4, 0.5) is 0 Å². The number of hydrogen-bond donors (Lipinski definition) is 2. The lowest BCUT2D eigenvalue weighted by Gasteiger charge is -2.64. The summed E-state index contributed by atoms with van der Waals surface area (Å²) >= 11 is 0. The van der Waals surface area contributed by atoms with Gasteiger partial charge in [-0.2, -0.15) is 0 Å². The van der Waals surface area contributed by atoms with Crippen LogP contribution in [-0.4, -0.2) is 62.4 Å². The second-order valence-corrected chi connectivity index (χ2v) is 12.7. The summed E-state index contributed by atoms with van der Waals surface area (Å²) < 4.78 is 17.7. The van der Waals surface area contributed by atoms with E-state index in [2.05, 4.69) is 0 Å². The maximum absolute atomic E-state index is 14.1. The Bertz CT molecular complexity index is 1310. The van der Waals surface area contributed by atoms with Crippen molar-refractivity contribution in [3.63, 3.8) is 0 Å². The molecule has 0 radical (unpaired) electrons. The summed E-state index contributed by atoms with van der Waals surface area (Å²) in [4.78, 5) is 54.1. The molecule has 11 atom stereocenters. The fourth-order valence-electron chi connectivity index (χ4n) is 9.37. The first-order valence-corrected chi connectivity index (χ1v) is 13.0. The minimum absolute atomic E-state index is 0.147. The van der Waals surface area contributed by atoms with Gasteiger partial charge in [0.25, 0.3) is 0 Å². The van der Waals surface area contributed by atoms with E-state index < -0.39 is 80.9 Å². The fourth-order valence-corrected chi connectivity index (χ4v) is 9.37. The Morgan fingerprint density at radius 2 is 1.73 bits per heavy atom. The SMILES string of the molecule is C[C@@H]1C(=O)O[C@@H]2C[C@@]1(C)[C@@H]1[C@]3(O)C(=O)O[C@]14[C@@]2(C)OC(=O)[C@@]4(O)CC[C@H]1[C@H]3C=CC2=CC=CC(=O)[C@@]21C. The summed E-state index contributed by atoms with van der Waals surface area (Å²) in [6, 6.07) is 0. The van der Waals surface area contributed by atoms with E-state index in [1.54, 1.807) is 39.0 Å². The van der Waals surface area contributed by atoms with Crippen molar-refractivity contribution >= 4 is 23.7 Å². The van der Waals surface area contributed by atoms with Gasteiger partial charge in [0.1, 0.15) is 6.10 Å². The lowest BCUT2D eigenvalue weighted by molar-refractivity contribution is -0.303. The Kier molecular flexibility index (Phi) is 3.95. The minimum Gasteiger partial charge on any atom is -0.458 e. The van der Waals surface area contributed by atoms with Crippen molar-refractivity contribution in [2.75, 3.05) is 0 Å². The lowest BCUT2D eigenvalue weighted by atomic mass is 9.40. The molecule has 37 heavy (non-hydrogen) atoms. The summed E-state index contributed by atoms with van der Waals surface area (Å²) in [6.45, 7) is 6.77. The van der Waals surface area contributed by atoms with E-state index in [0.29, 0.717) is 0 Å². The van der Waals surface area contributed by atoms with Crippen LogP contribution in [0.25, 0.3) is 0 Å². The monoisotopic (exact) mass is 510 g/mol. The standard InChI is InChI=1S/C28H30O9/c1-13-19(30)35-18-12-23(13,2)20-27(34)16-9-8-14-6-5-7-17(29)24(14,3)15(16)10-11-26(33)21(31)36-25(18,4)28(20,26)37-22(27)32/h5-9,13,15-16,18,20,33-34H,10-12H2,1-4H3/t13-,15+,16-,18-,20-,23-,24+,25+,26+,27+,28+/m1/s1. The van der Waals surface area contributed by atoms with Gasteiger partial charge in [-0.1, -0.05) is 38.2 Å². The molecule has 4 bridgehead atoms. The first-order chi connectivity index (χ1) is 17.2. The molecule has 9 heteroatoms. The van der Waals surface area contributed by atoms with Crippen molar-refractivity contribution in [1.82, 2.24) is 0 Å². The lowest BCUT2D eigenvalue weighted by Crippen LogP contribution is -2.80. The maximum Gasteiger partial charge on any atom is 0.343 e. The molecule has 7 aliphatic rings. The number of esters is 3. The van der Waals surface area contributed by atoms with Crippen molar-refractivity contribution in [3.8, 4) is 0 Å². The number of carbonyl (C=O) groups is 4. The van der Waals surface area contributed by atoms with E-state index in [4.69, 9.17) is 14.2 Å². The average Bonchev–Trinajstić information content (AvgIpc) is 3.19. The van der Waals surface area contributed by atoms with Crippen LogP contribution in [0, 0.1) is 34.5 Å². The number of hydrogen-bond acceptors (Lipinski definition) is 9. The second-order valence-electron chi connectivity index (χ2n) is 12.7. The molecule has 0 unspecified atom stereocenters. The highest BCUT2D eigenvalue weighted by Crippen LogP contribution is 2.74. The van der Waals surface area contributed by atoms with Crippen LogP contribution in [0.5, 0.6) is 0 Å². The van der Waals surface area contributed by atoms with Crippen molar-refractivity contribution < 1.29 is 43.6 Å². The number of ketones is 1. The average molecular weight is 511 g/mol. The largest absolute Gasteiger partial charge is 0.458 e. The molecule has 2 N–H and O–H groups in total. The molecule has 3 heterocycles. The van der Waals surface area contributed by atoms with Crippen molar-refractivity contribution in [2.24, 2.45) is 34.5 Å². The van der Waals surface area contributed by atoms with Gasteiger partial charge in [0, 0.05) is 5.92 Å². The smallest absolute Gasteiger partial charge is 0.343 e. The molecule has 4 aliphatic carbocycles. The molecule has 3 saturated heterocycles. The first-order valence-electron chi connectivity index (χ1n) is 13.0. The second kappa shape index (κ2) is 6.26. The Morgan fingerprint density at radius 1 is 1.00 bits per heavy atom. The van der Waals surface area contributed by atoms with Crippen LogP contribution in [0.2, 0.25) is 0 Å². The molecular formula is C28H30O9. The third kappa shape index (κ3) is 2.06. The Balaban J connectivity index is 1.56. The Labute approximate surface area is 213 Å². The fraction of sp³-hybridized carbons (Fsp3) is 0.643. The predicted molar refractivity (Wildman–Crippen MR) is 124 cm³/mol. The van der Waals surface area contributed by atoms with E-state index in [-0.39, 0.29) is 25.0 Å². The predicted octanol–water partition coefficient (Wildman–Crippen LogP) is 1.31. The van der Waals surface area contributed by atoms with Crippen molar-refractivity contribution in [1.29, 1.82) is 0 Å². The highest BCUT2D eigenvalue weighted by molar-refractivity contribution is 6.00. The molecule has 1 spiro atoms. The van der Waals surface area contributed by atoms with Gasteiger partial charge in [0.2, 0.25) is 11.2 Å². The molecule has 2 saturated carbocycles. The Morgan fingerprint density at radius 3 is 2.46 bits per heavy atom. The number of allylic oxidation sites excluding steroid dienone is 5. The van der Waals surface area contributed by atoms with Gasteiger partial charge in [-0.15, -0.1) is 0 Å². The number of ether oxygens (including phenoxy) is 3. The normalized spacial score (nSPS) is 56.7. The molecule has 5 fully saturated rings. The molecule has 3 aliphatic heterocycles. The third-order valence-electron chi connectivity index (χ3n) is 11.5. The van der Waals surface area contributed by atoms with Crippen LogP contribution in [0.1, 0.15) is 47.0 Å². The van der Waals surface area contributed by atoms with E-state index in [0.717, 1.165) is 5.57 Å². The van der Waals surface area contributed by atoms with E-state index in [1.807, 2.05) is 6.08 Å². The van der Waals surface area contributed by atoms with Crippen LogP contribution < -0.4 is 0 Å². The van der Waals surface area contributed by atoms with Crippen LogP contribution in [0.3, 0.4) is 0 Å². The van der Waals surface area contributed by atoms with Gasteiger partial charge in [0.15, 0.2) is 17.0 Å². The van der Waals surface area contributed by atoms with Crippen molar-refractivity contribution in [3.05, 3.63) is 36.0 Å². The summed E-state index contributed by atoms with van der Waals surface area (Å²) in [5.41, 5.74) is -9.69. The van der Waals surface area contributed by atoms with Gasteiger partial charge in [0.05, 0.1) is 17.3 Å². The van der Waals surface area contributed by atoms with E-state index >= 15 is 0 Å². The van der Waals surface area contributed by atoms with Gasteiger partial charge < -0.3 is 24.4 Å². The molecule has 9 nitrogen and oxygen atoms in total. The van der Waals surface area contributed by atoms with Crippen molar-refractivity contribution in [2.45, 2.75) is 75.5 Å². The minimum atomic E-state index is -2.31. The van der Waals surface area contributed by atoms with Crippen LogP contribution in [0.15, 0.2) is 36.0 Å². The zero-order chi connectivity index (χ0) is 26.6. The number of rotatable bonds is 0. The quantitative estimate of drug-likeness (QED) is 0.365. The number of aliphatic hydroxyl groups is 2.